The number of aryl methyl sites for hydroxylation is 1. The monoisotopic (exact) mass is 304 g/mol. The summed E-state index contributed by atoms with van der Waals surface area (Å²) in [5, 5.41) is 2.60. The maximum atomic E-state index is 13.2. The van der Waals surface area contributed by atoms with Crippen LogP contribution >= 0.6 is 0 Å². The van der Waals surface area contributed by atoms with Gasteiger partial charge in [-0.25, -0.2) is 9.18 Å². The Morgan fingerprint density at radius 3 is 2.68 bits per heavy atom. The first-order valence-corrected chi connectivity index (χ1v) is 6.84. The molecule has 0 aliphatic heterocycles. The average Bonchev–Trinajstić information content (AvgIpc) is 2.83. The lowest BCUT2D eigenvalue weighted by molar-refractivity contribution is 0.0599. The Bertz CT molecular complexity index is 722. The van der Waals surface area contributed by atoms with E-state index in [4.69, 9.17) is 4.74 Å². The molecule has 0 spiro atoms. The first-order valence-electron chi connectivity index (χ1n) is 6.84. The molecule has 1 amide bonds. The van der Waals surface area contributed by atoms with Crippen LogP contribution in [0.3, 0.4) is 0 Å². The molecule has 0 fully saturated rings. The predicted molar refractivity (Wildman–Crippen MR) is 80.6 cm³/mol. The number of esters is 1. The Kier molecular flexibility index (Phi) is 4.60. The van der Waals surface area contributed by atoms with Gasteiger partial charge < -0.3 is 15.0 Å². The number of carbonyl (C=O) groups excluding carboxylic acids is 2. The van der Waals surface area contributed by atoms with Crippen LogP contribution in [0.1, 0.15) is 39.0 Å². The van der Waals surface area contributed by atoms with E-state index in [2.05, 4.69) is 10.3 Å². The van der Waals surface area contributed by atoms with Crippen molar-refractivity contribution in [1.82, 2.24) is 4.98 Å². The van der Waals surface area contributed by atoms with Crippen molar-refractivity contribution in [2.45, 2.75) is 20.3 Å². The second kappa shape index (κ2) is 6.43. The lowest BCUT2D eigenvalue weighted by Crippen LogP contribution is -2.14. The van der Waals surface area contributed by atoms with E-state index in [1.165, 1.54) is 25.3 Å². The lowest BCUT2D eigenvalue weighted by atomic mass is 10.1. The molecule has 6 heteroatoms. The molecule has 22 heavy (non-hydrogen) atoms. The van der Waals surface area contributed by atoms with Crippen LogP contribution in [0.15, 0.2) is 24.3 Å². The molecule has 0 unspecified atom stereocenters. The van der Waals surface area contributed by atoms with E-state index in [1.807, 2.05) is 6.92 Å². The fourth-order valence-corrected chi connectivity index (χ4v) is 2.29. The van der Waals surface area contributed by atoms with Gasteiger partial charge in [0.2, 0.25) is 0 Å². The molecule has 0 saturated heterocycles. The average molecular weight is 304 g/mol. The second-order valence-corrected chi connectivity index (χ2v) is 4.79. The van der Waals surface area contributed by atoms with Crippen LogP contribution in [0.5, 0.6) is 0 Å². The van der Waals surface area contributed by atoms with Crippen molar-refractivity contribution >= 4 is 17.6 Å². The molecule has 0 radical (unpaired) electrons. The van der Waals surface area contributed by atoms with Gasteiger partial charge >= 0.3 is 5.97 Å². The minimum Gasteiger partial charge on any atom is -0.465 e. The molecule has 1 aromatic carbocycles. The van der Waals surface area contributed by atoms with E-state index in [0.717, 1.165) is 0 Å². The second-order valence-electron chi connectivity index (χ2n) is 4.79. The van der Waals surface area contributed by atoms with Crippen molar-refractivity contribution in [2.75, 3.05) is 12.4 Å². The number of rotatable bonds is 4. The van der Waals surface area contributed by atoms with Crippen LogP contribution in [-0.2, 0) is 11.2 Å². The molecule has 0 atom stereocenters. The third-order valence-corrected chi connectivity index (χ3v) is 3.38. The highest BCUT2D eigenvalue weighted by atomic mass is 19.1. The number of carbonyl (C=O) groups is 2. The summed E-state index contributed by atoms with van der Waals surface area (Å²) in [7, 11) is 1.29. The number of benzene rings is 1. The van der Waals surface area contributed by atoms with Gasteiger partial charge in [0.15, 0.2) is 0 Å². The highest BCUT2D eigenvalue weighted by Gasteiger charge is 2.23. The third kappa shape index (κ3) is 3.00. The number of hydrogen-bond acceptors (Lipinski definition) is 3. The van der Waals surface area contributed by atoms with Crippen molar-refractivity contribution in [3.8, 4) is 0 Å². The number of aromatic amines is 1. The Hall–Kier alpha value is -2.63. The standard InChI is InChI=1S/C16H17FN2O3/c1-4-12-13(16(21)22-3)9(2)14(19-12)15(20)18-11-7-5-6-10(17)8-11/h5-8,19H,4H2,1-3H3,(H,18,20). The molecule has 1 aromatic heterocycles. The van der Waals surface area contributed by atoms with Gasteiger partial charge in [0.1, 0.15) is 11.5 Å². The normalized spacial score (nSPS) is 10.4. The van der Waals surface area contributed by atoms with E-state index in [1.54, 1.807) is 13.0 Å². The summed E-state index contributed by atoms with van der Waals surface area (Å²) in [6.45, 7) is 3.54. The SMILES string of the molecule is CCc1[nH]c(C(=O)Nc2cccc(F)c2)c(C)c1C(=O)OC. The lowest BCUT2D eigenvalue weighted by Gasteiger charge is -2.05. The molecule has 0 saturated carbocycles. The van der Waals surface area contributed by atoms with Crippen LogP contribution < -0.4 is 5.32 Å². The quantitative estimate of drug-likeness (QED) is 0.853. The highest BCUT2D eigenvalue weighted by molar-refractivity contribution is 6.06. The summed E-state index contributed by atoms with van der Waals surface area (Å²) in [6.07, 6.45) is 0.554. The van der Waals surface area contributed by atoms with E-state index >= 15 is 0 Å². The number of aromatic nitrogens is 1. The van der Waals surface area contributed by atoms with Gasteiger partial charge in [0, 0.05) is 11.4 Å². The molecule has 0 aliphatic rings. The molecular weight excluding hydrogens is 287 g/mol. The fourth-order valence-electron chi connectivity index (χ4n) is 2.29. The maximum absolute atomic E-state index is 13.2. The first kappa shape index (κ1) is 15.8. The van der Waals surface area contributed by atoms with Crippen LogP contribution in [0, 0.1) is 12.7 Å². The van der Waals surface area contributed by atoms with E-state index in [-0.39, 0.29) is 5.69 Å². The fraction of sp³-hybridized carbons (Fsp3) is 0.250. The molecule has 2 N–H and O–H groups in total. The zero-order valence-electron chi connectivity index (χ0n) is 12.6. The van der Waals surface area contributed by atoms with Gasteiger partial charge in [-0.3, -0.25) is 4.79 Å². The van der Waals surface area contributed by atoms with Crippen molar-refractivity contribution in [3.63, 3.8) is 0 Å². The summed E-state index contributed by atoms with van der Waals surface area (Å²) in [5.74, 6) is -1.37. The number of hydrogen-bond donors (Lipinski definition) is 2. The number of nitrogens with one attached hydrogen (secondary N) is 2. The smallest absolute Gasteiger partial charge is 0.339 e. The van der Waals surface area contributed by atoms with E-state index in [0.29, 0.717) is 28.9 Å². The number of ether oxygens (including phenoxy) is 1. The number of amides is 1. The highest BCUT2D eigenvalue weighted by Crippen LogP contribution is 2.21. The molecule has 0 aliphatic carbocycles. The Labute approximate surface area is 127 Å². The van der Waals surface area contributed by atoms with Crippen LogP contribution in [0.25, 0.3) is 0 Å². The van der Waals surface area contributed by atoms with Gasteiger partial charge in [-0.2, -0.15) is 0 Å². The largest absolute Gasteiger partial charge is 0.465 e. The topological polar surface area (TPSA) is 71.2 Å². The molecule has 5 nitrogen and oxygen atoms in total. The van der Waals surface area contributed by atoms with Crippen molar-refractivity contribution in [2.24, 2.45) is 0 Å². The third-order valence-electron chi connectivity index (χ3n) is 3.38. The maximum Gasteiger partial charge on any atom is 0.339 e. The van der Waals surface area contributed by atoms with Crippen molar-refractivity contribution < 1.29 is 18.7 Å². The predicted octanol–water partition coefficient (Wildman–Crippen LogP) is 3.06. The molecule has 116 valence electrons. The number of H-pyrrole nitrogens is 1. The zero-order chi connectivity index (χ0) is 16.3. The number of methoxy groups -OCH3 is 1. The summed E-state index contributed by atoms with van der Waals surface area (Å²) in [4.78, 5) is 27.1. The van der Waals surface area contributed by atoms with Crippen molar-refractivity contribution in [3.05, 3.63) is 52.6 Å². The molecule has 1 heterocycles. The Morgan fingerprint density at radius 2 is 2.09 bits per heavy atom. The summed E-state index contributed by atoms with van der Waals surface area (Å²) in [5.41, 5.74) is 2.12. The summed E-state index contributed by atoms with van der Waals surface area (Å²) in [6, 6.07) is 5.60. The van der Waals surface area contributed by atoms with Gasteiger partial charge in [-0.1, -0.05) is 13.0 Å². The molecule has 2 aromatic rings. The van der Waals surface area contributed by atoms with Gasteiger partial charge in [0.05, 0.1) is 12.7 Å². The summed E-state index contributed by atoms with van der Waals surface area (Å²) < 4.78 is 17.9. The Morgan fingerprint density at radius 1 is 1.36 bits per heavy atom. The van der Waals surface area contributed by atoms with Gasteiger partial charge in [0.25, 0.3) is 5.91 Å². The van der Waals surface area contributed by atoms with Gasteiger partial charge in [-0.15, -0.1) is 0 Å². The van der Waals surface area contributed by atoms with Crippen LogP contribution in [-0.4, -0.2) is 24.0 Å². The first-order chi connectivity index (χ1) is 10.5. The molecular formula is C16H17FN2O3. The minimum atomic E-state index is -0.490. The summed E-state index contributed by atoms with van der Waals surface area (Å²) >= 11 is 0. The number of halogens is 1. The number of anilines is 1. The van der Waals surface area contributed by atoms with Crippen molar-refractivity contribution in [1.29, 1.82) is 0 Å². The van der Waals surface area contributed by atoms with E-state index < -0.39 is 17.7 Å². The Balaban J connectivity index is 2.34. The zero-order valence-corrected chi connectivity index (χ0v) is 12.6. The van der Waals surface area contributed by atoms with Crippen LogP contribution in [0.4, 0.5) is 10.1 Å². The van der Waals surface area contributed by atoms with E-state index in [9.17, 15) is 14.0 Å². The molecule has 0 bridgehead atoms. The molecule has 2 rings (SSSR count). The van der Waals surface area contributed by atoms with Gasteiger partial charge in [-0.05, 0) is 37.1 Å². The van der Waals surface area contributed by atoms with Crippen LogP contribution in [0.2, 0.25) is 0 Å². The minimum absolute atomic E-state index is 0.265.